The van der Waals surface area contributed by atoms with Crippen LogP contribution >= 0.6 is 0 Å². The molecule has 1 heterocycles. The van der Waals surface area contributed by atoms with E-state index in [0.717, 1.165) is 22.9 Å². The van der Waals surface area contributed by atoms with Crippen molar-refractivity contribution in [2.45, 2.75) is 32.4 Å². The molecule has 0 aliphatic carbocycles. The highest BCUT2D eigenvalue weighted by Gasteiger charge is 2.19. The van der Waals surface area contributed by atoms with Crippen LogP contribution in [0.25, 0.3) is 11.1 Å². The molecule has 0 aliphatic heterocycles. The van der Waals surface area contributed by atoms with Crippen LogP contribution in [0.5, 0.6) is 0 Å². The SMILES string of the molecule is CC(C)Nc1cc(-c2ccc(CCN(C[C@H](O)c3cccnc3)C(=O)O)cc2)ccc1C(=O)NS(C)(=O)=O. The van der Waals surface area contributed by atoms with Crippen LogP contribution in [0.3, 0.4) is 0 Å². The number of aliphatic hydroxyl groups excluding tert-OH is 1. The Balaban J connectivity index is 1.72. The van der Waals surface area contributed by atoms with Gasteiger partial charge < -0.3 is 20.4 Å². The van der Waals surface area contributed by atoms with Crippen molar-refractivity contribution < 1.29 is 28.2 Å². The Morgan fingerprint density at radius 3 is 2.32 bits per heavy atom. The molecule has 2 amide bonds. The van der Waals surface area contributed by atoms with Crippen LogP contribution in [-0.4, -0.2) is 65.9 Å². The van der Waals surface area contributed by atoms with Crippen molar-refractivity contribution in [3.63, 3.8) is 0 Å². The van der Waals surface area contributed by atoms with E-state index in [2.05, 4.69) is 10.3 Å². The zero-order chi connectivity index (χ0) is 27.9. The summed E-state index contributed by atoms with van der Waals surface area (Å²) in [5.74, 6) is -0.714. The largest absolute Gasteiger partial charge is 0.465 e. The fourth-order valence-corrected chi connectivity index (χ4v) is 4.30. The predicted molar refractivity (Wildman–Crippen MR) is 145 cm³/mol. The van der Waals surface area contributed by atoms with Gasteiger partial charge in [0.1, 0.15) is 0 Å². The molecule has 0 fully saturated rings. The van der Waals surface area contributed by atoms with Crippen molar-refractivity contribution in [2.75, 3.05) is 24.7 Å². The number of nitrogens with one attached hydrogen (secondary N) is 2. The molecule has 1 atom stereocenters. The summed E-state index contributed by atoms with van der Waals surface area (Å²) in [6, 6.07) is 16.1. The number of rotatable bonds is 11. The number of hydrogen-bond acceptors (Lipinski definition) is 7. The average molecular weight is 541 g/mol. The molecule has 0 radical (unpaired) electrons. The Bertz CT molecular complexity index is 1360. The number of amides is 2. The van der Waals surface area contributed by atoms with Crippen molar-refractivity contribution in [3.05, 3.63) is 83.7 Å². The van der Waals surface area contributed by atoms with E-state index in [4.69, 9.17) is 0 Å². The minimum absolute atomic E-state index is 0.00580. The lowest BCUT2D eigenvalue weighted by Crippen LogP contribution is -2.35. The van der Waals surface area contributed by atoms with Gasteiger partial charge in [-0.25, -0.2) is 17.9 Å². The molecule has 4 N–H and O–H groups in total. The zero-order valence-electron chi connectivity index (χ0n) is 21.5. The van der Waals surface area contributed by atoms with Crippen LogP contribution in [0.2, 0.25) is 0 Å². The first kappa shape index (κ1) is 28.6. The lowest BCUT2D eigenvalue weighted by Gasteiger charge is -2.22. The summed E-state index contributed by atoms with van der Waals surface area (Å²) in [5.41, 5.74) is 3.88. The summed E-state index contributed by atoms with van der Waals surface area (Å²) in [6.07, 6.45) is 2.39. The third kappa shape index (κ3) is 8.29. The Hall–Kier alpha value is -3.96. The van der Waals surface area contributed by atoms with Gasteiger partial charge in [0.05, 0.1) is 24.5 Å². The van der Waals surface area contributed by atoms with Gasteiger partial charge in [0, 0.05) is 36.2 Å². The quantitative estimate of drug-likeness (QED) is 0.289. The molecule has 0 saturated heterocycles. The lowest BCUT2D eigenvalue weighted by atomic mass is 9.99. The van der Waals surface area contributed by atoms with Gasteiger partial charge in [0.2, 0.25) is 10.0 Å². The number of aliphatic hydroxyl groups is 1. The fraction of sp³-hybridized carbons (Fsp3) is 0.296. The topological polar surface area (TPSA) is 149 Å². The molecular weight excluding hydrogens is 508 g/mol. The molecular formula is C27H32N4O6S. The van der Waals surface area contributed by atoms with Crippen LogP contribution < -0.4 is 10.0 Å². The number of anilines is 1. The van der Waals surface area contributed by atoms with Crippen molar-refractivity contribution in [1.82, 2.24) is 14.6 Å². The molecule has 0 bridgehead atoms. The molecule has 1 aromatic heterocycles. The molecule has 10 nitrogen and oxygen atoms in total. The maximum absolute atomic E-state index is 12.5. The van der Waals surface area contributed by atoms with Crippen LogP contribution in [0.4, 0.5) is 10.5 Å². The summed E-state index contributed by atoms with van der Waals surface area (Å²) in [5, 5.41) is 23.2. The van der Waals surface area contributed by atoms with Gasteiger partial charge in [0.25, 0.3) is 5.91 Å². The van der Waals surface area contributed by atoms with Gasteiger partial charge >= 0.3 is 6.09 Å². The molecule has 11 heteroatoms. The van der Waals surface area contributed by atoms with Crippen LogP contribution in [0, 0.1) is 0 Å². The second kappa shape index (κ2) is 12.5. The summed E-state index contributed by atoms with van der Waals surface area (Å²) >= 11 is 0. The third-order valence-electron chi connectivity index (χ3n) is 5.68. The molecule has 2 aromatic carbocycles. The number of sulfonamides is 1. The smallest absolute Gasteiger partial charge is 0.407 e. The van der Waals surface area contributed by atoms with Crippen molar-refractivity contribution in [2.24, 2.45) is 0 Å². The Morgan fingerprint density at radius 1 is 1.05 bits per heavy atom. The molecule has 3 rings (SSSR count). The predicted octanol–water partition coefficient (Wildman–Crippen LogP) is 3.51. The number of carboxylic acid groups (broad SMARTS) is 1. The number of hydrogen-bond donors (Lipinski definition) is 4. The summed E-state index contributed by atoms with van der Waals surface area (Å²) in [4.78, 5) is 29.3. The molecule has 0 saturated carbocycles. The van der Waals surface area contributed by atoms with E-state index in [9.17, 15) is 28.2 Å². The monoisotopic (exact) mass is 540 g/mol. The Morgan fingerprint density at radius 2 is 1.74 bits per heavy atom. The molecule has 0 aliphatic rings. The van der Waals surface area contributed by atoms with Crippen molar-refractivity contribution >= 4 is 27.7 Å². The van der Waals surface area contributed by atoms with E-state index in [1.54, 1.807) is 36.5 Å². The van der Waals surface area contributed by atoms with E-state index in [1.165, 1.54) is 11.1 Å². The number of benzene rings is 2. The first-order valence-electron chi connectivity index (χ1n) is 12.0. The van der Waals surface area contributed by atoms with E-state index in [1.807, 2.05) is 42.8 Å². The first-order chi connectivity index (χ1) is 17.9. The van der Waals surface area contributed by atoms with E-state index < -0.39 is 28.1 Å². The fourth-order valence-electron chi connectivity index (χ4n) is 3.86. The minimum Gasteiger partial charge on any atom is -0.465 e. The normalized spacial score (nSPS) is 12.1. The van der Waals surface area contributed by atoms with E-state index >= 15 is 0 Å². The second-order valence-corrected chi connectivity index (χ2v) is 11.0. The molecule has 0 unspecified atom stereocenters. The Labute approximate surface area is 222 Å². The van der Waals surface area contributed by atoms with Gasteiger partial charge in [0.15, 0.2) is 0 Å². The second-order valence-electron chi connectivity index (χ2n) is 9.24. The first-order valence-corrected chi connectivity index (χ1v) is 13.9. The number of pyridine rings is 1. The molecule has 38 heavy (non-hydrogen) atoms. The van der Waals surface area contributed by atoms with Gasteiger partial charge in [-0.2, -0.15) is 0 Å². The number of aromatic nitrogens is 1. The van der Waals surface area contributed by atoms with E-state index in [0.29, 0.717) is 17.7 Å². The van der Waals surface area contributed by atoms with Gasteiger partial charge in [-0.15, -0.1) is 0 Å². The van der Waals surface area contributed by atoms with Crippen molar-refractivity contribution in [1.29, 1.82) is 0 Å². The number of carbonyl (C=O) groups is 2. The van der Waals surface area contributed by atoms with Gasteiger partial charge in [-0.1, -0.05) is 36.4 Å². The van der Waals surface area contributed by atoms with Crippen molar-refractivity contribution in [3.8, 4) is 11.1 Å². The minimum atomic E-state index is -3.71. The molecule has 0 spiro atoms. The lowest BCUT2D eigenvalue weighted by molar-refractivity contribution is 0.0970. The van der Waals surface area contributed by atoms with Crippen LogP contribution in [0.1, 0.15) is 41.4 Å². The van der Waals surface area contributed by atoms with Crippen LogP contribution in [0.15, 0.2) is 67.0 Å². The standard InChI is InChI=1S/C27H32N4O6S/c1-18(2)29-24-15-21(10-11-23(24)26(33)30-38(3,36)37)20-8-6-19(7-9-20)12-14-31(27(34)35)17-25(32)22-5-4-13-28-16-22/h4-11,13,15-16,18,25,29,32H,12,14,17H2,1-3H3,(H,30,33)(H,34,35)/t25-/m0/s1. The molecule has 3 aromatic rings. The van der Waals surface area contributed by atoms with E-state index in [-0.39, 0.29) is 24.7 Å². The summed E-state index contributed by atoms with van der Waals surface area (Å²) in [7, 11) is -3.71. The Kier molecular flexibility index (Phi) is 9.43. The summed E-state index contributed by atoms with van der Waals surface area (Å²) < 4.78 is 25.0. The molecule has 202 valence electrons. The van der Waals surface area contributed by atoms with Gasteiger partial charge in [-0.05, 0) is 55.2 Å². The highest BCUT2D eigenvalue weighted by Crippen LogP contribution is 2.27. The average Bonchev–Trinajstić information content (AvgIpc) is 2.85. The summed E-state index contributed by atoms with van der Waals surface area (Å²) in [6.45, 7) is 3.97. The zero-order valence-corrected chi connectivity index (χ0v) is 22.3. The third-order valence-corrected chi connectivity index (χ3v) is 6.23. The van der Waals surface area contributed by atoms with Crippen LogP contribution in [-0.2, 0) is 16.4 Å². The van der Waals surface area contributed by atoms with Gasteiger partial charge in [-0.3, -0.25) is 9.78 Å². The number of nitrogens with zero attached hydrogens (tertiary/aromatic N) is 2. The highest BCUT2D eigenvalue weighted by atomic mass is 32.2. The maximum Gasteiger partial charge on any atom is 0.407 e. The number of carbonyl (C=O) groups excluding carboxylic acids is 1. The maximum atomic E-state index is 12.5. The highest BCUT2D eigenvalue weighted by molar-refractivity contribution is 7.89.